The molecule has 0 saturated carbocycles. The Morgan fingerprint density at radius 3 is 2.70 bits per heavy atom. The van der Waals surface area contributed by atoms with E-state index >= 15 is 0 Å². The van der Waals surface area contributed by atoms with Gasteiger partial charge in [-0.1, -0.05) is 12.1 Å². The number of nitrogens with one attached hydrogen (secondary N) is 1. The molecule has 0 aliphatic heterocycles. The largest absolute Gasteiger partial charge is 0.414 e. The van der Waals surface area contributed by atoms with Crippen LogP contribution in [0.5, 0.6) is 0 Å². The van der Waals surface area contributed by atoms with Crippen molar-refractivity contribution in [1.82, 2.24) is 0 Å². The fraction of sp³-hybridized carbons (Fsp3) is 0.385. The molecule has 0 aliphatic carbocycles. The van der Waals surface area contributed by atoms with Crippen LogP contribution in [0.4, 0.5) is 18.9 Å². The predicted octanol–water partition coefficient (Wildman–Crippen LogP) is 2.85. The van der Waals surface area contributed by atoms with Crippen molar-refractivity contribution in [2.45, 2.75) is 25.6 Å². The molecule has 4 nitrogen and oxygen atoms in total. The molecule has 0 saturated heterocycles. The second-order valence-electron chi connectivity index (χ2n) is 4.01. The number of rotatable bonds is 5. The normalized spacial score (nSPS) is 12.6. The summed E-state index contributed by atoms with van der Waals surface area (Å²) in [6, 6.07) is 8.24. The minimum atomic E-state index is -4.44. The number of amides is 1. The Hall–Kier alpha value is -2.07. The van der Waals surface area contributed by atoms with E-state index in [4.69, 9.17) is 5.26 Å². The number of carbonyl (C=O) groups is 1. The van der Waals surface area contributed by atoms with Gasteiger partial charge in [0, 0.05) is 0 Å². The number of anilines is 1. The van der Waals surface area contributed by atoms with Gasteiger partial charge in [-0.05, 0) is 19.1 Å². The minimum Gasteiger partial charge on any atom is -0.369 e. The number of para-hydroxylation sites is 1. The van der Waals surface area contributed by atoms with Crippen LogP contribution in [0.15, 0.2) is 24.3 Å². The number of carbonyl (C=O) groups excluding carboxylic acids is 1. The second kappa shape index (κ2) is 6.91. The molecular formula is C13H13F3N2O2. The third kappa shape index (κ3) is 4.90. The van der Waals surface area contributed by atoms with Gasteiger partial charge in [-0.3, -0.25) is 4.79 Å². The van der Waals surface area contributed by atoms with Crippen molar-refractivity contribution >= 4 is 11.6 Å². The molecule has 0 spiro atoms. The number of benzene rings is 1. The summed E-state index contributed by atoms with van der Waals surface area (Å²) in [6.07, 6.45) is -6.58. The molecule has 0 bridgehead atoms. The van der Waals surface area contributed by atoms with Crippen LogP contribution in [0.1, 0.15) is 18.9 Å². The van der Waals surface area contributed by atoms with Gasteiger partial charge in [-0.15, -0.1) is 0 Å². The van der Waals surface area contributed by atoms with E-state index in [-0.39, 0.29) is 18.6 Å². The van der Waals surface area contributed by atoms with Gasteiger partial charge in [-0.25, -0.2) is 0 Å². The third-order valence-corrected chi connectivity index (χ3v) is 2.48. The SMILES string of the molecule is CC(OCCC(=O)Nc1ccccc1C#N)C(F)(F)F. The predicted molar refractivity (Wildman–Crippen MR) is 65.9 cm³/mol. The molecule has 108 valence electrons. The molecular weight excluding hydrogens is 273 g/mol. The second-order valence-corrected chi connectivity index (χ2v) is 4.01. The van der Waals surface area contributed by atoms with E-state index in [2.05, 4.69) is 10.1 Å². The molecule has 0 radical (unpaired) electrons. The third-order valence-electron chi connectivity index (χ3n) is 2.48. The van der Waals surface area contributed by atoms with E-state index < -0.39 is 18.2 Å². The van der Waals surface area contributed by atoms with Crippen molar-refractivity contribution < 1.29 is 22.7 Å². The first-order valence-corrected chi connectivity index (χ1v) is 5.82. The number of alkyl halides is 3. The molecule has 1 rings (SSSR count). The van der Waals surface area contributed by atoms with E-state index in [0.29, 0.717) is 5.69 Å². The van der Waals surface area contributed by atoms with Crippen LogP contribution in [-0.4, -0.2) is 24.8 Å². The van der Waals surface area contributed by atoms with Crippen LogP contribution >= 0.6 is 0 Å². The summed E-state index contributed by atoms with van der Waals surface area (Å²) in [5, 5.41) is 11.3. The van der Waals surface area contributed by atoms with Gasteiger partial charge >= 0.3 is 6.18 Å². The van der Waals surface area contributed by atoms with Crippen LogP contribution in [0.25, 0.3) is 0 Å². The van der Waals surface area contributed by atoms with Crippen molar-refractivity contribution in [3.8, 4) is 6.07 Å². The maximum atomic E-state index is 12.2. The fourth-order valence-corrected chi connectivity index (χ4v) is 1.33. The van der Waals surface area contributed by atoms with Crippen LogP contribution in [0, 0.1) is 11.3 Å². The highest BCUT2D eigenvalue weighted by atomic mass is 19.4. The van der Waals surface area contributed by atoms with Gasteiger partial charge in [0.2, 0.25) is 5.91 Å². The van der Waals surface area contributed by atoms with Gasteiger partial charge in [0.25, 0.3) is 0 Å². The number of ether oxygens (including phenoxy) is 1. The summed E-state index contributed by atoms with van der Waals surface area (Å²) in [7, 11) is 0. The molecule has 1 N–H and O–H groups in total. The molecule has 1 aromatic rings. The Bertz CT molecular complexity index is 509. The number of nitrogens with zero attached hydrogens (tertiary/aromatic N) is 1. The van der Waals surface area contributed by atoms with Crippen molar-refractivity contribution in [2.75, 3.05) is 11.9 Å². The molecule has 1 atom stereocenters. The first kappa shape index (κ1) is 16.0. The summed E-state index contributed by atoms with van der Waals surface area (Å²) in [4.78, 5) is 11.5. The van der Waals surface area contributed by atoms with E-state index in [1.807, 2.05) is 6.07 Å². The van der Waals surface area contributed by atoms with E-state index in [1.54, 1.807) is 12.1 Å². The molecule has 7 heteroatoms. The molecule has 20 heavy (non-hydrogen) atoms. The monoisotopic (exact) mass is 286 g/mol. The first-order valence-electron chi connectivity index (χ1n) is 5.82. The average molecular weight is 286 g/mol. The van der Waals surface area contributed by atoms with Gasteiger partial charge in [0.05, 0.1) is 24.3 Å². The van der Waals surface area contributed by atoms with Crippen molar-refractivity contribution in [3.63, 3.8) is 0 Å². The summed E-state index contributed by atoms with van der Waals surface area (Å²) in [5.41, 5.74) is 0.606. The van der Waals surface area contributed by atoms with E-state index in [9.17, 15) is 18.0 Å². The molecule has 0 heterocycles. The zero-order chi connectivity index (χ0) is 15.2. The van der Waals surface area contributed by atoms with Crippen molar-refractivity contribution in [2.24, 2.45) is 0 Å². The van der Waals surface area contributed by atoms with Gasteiger partial charge < -0.3 is 10.1 Å². The Balaban J connectivity index is 2.44. The lowest BCUT2D eigenvalue weighted by molar-refractivity contribution is -0.214. The Labute approximate surface area is 114 Å². The number of nitriles is 1. The van der Waals surface area contributed by atoms with Gasteiger partial charge in [0.1, 0.15) is 6.07 Å². The lowest BCUT2D eigenvalue weighted by Crippen LogP contribution is -2.29. The van der Waals surface area contributed by atoms with Crippen LogP contribution < -0.4 is 5.32 Å². The maximum absolute atomic E-state index is 12.2. The summed E-state index contributed by atoms with van der Waals surface area (Å²) in [6.45, 7) is 0.532. The Morgan fingerprint density at radius 2 is 2.10 bits per heavy atom. The summed E-state index contributed by atoms with van der Waals surface area (Å²) < 4.78 is 41.0. The molecule has 0 fully saturated rings. The molecule has 0 aromatic heterocycles. The zero-order valence-electron chi connectivity index (χ0n) is 10.7. The van der Waals surface area contributed by atoms with Gasteiger partial charge in [0.15, 0.2) is 6.10 Å². The molecule has 1 amide bonds. The van der Waals surface area contributed by atoms with Crippen LogP contribution in [0.2, 0.25) is 0 Å². The van der Waals surface area contributed by atoms with Crippen LogP contribution in [-0.2, 0) is 9.53 Å². The summed E-state index contributed by atoms with van der Waals surface area (Å²) in [5.74, 6) is -0.512. The topological polar surface area (TPSA) is 62.1 Å². The molecule has 0 aliphatic rings. The van der Waals surface area contributed by atoms with Crippen LogP contribution in [0.3, 0.4) is 0 Å². The quantitative estimate of drug-likeness (QED) is 0.905. The Kier molecular flexibility index (Phi) is 5.53. The molecule has 1 unspecified atom stereocenters. The first-order chi connectivity index (χ1) is 9.34. The molecule has 1 aromatic carbocycles. The van der Waals surface area contributed by atoms with Crippen molar-refractivity contribution in [3.05, 3.63) is 29.8 Å². The highest BCUT2D eigenvalue weighted by Crippen LogP contribution is 2.22. The minimum absolute atomic E-state index is 0.222. The highest BCUT2D eigenvalue weighted by molar-refractivity contribution is 5.92. The smallest absolute Gasteiger partial charge is 0.369 e. The number of hydrogen-bond donors (Lipinski definition) is 1. The highest BCUT2D eigenvalue weighted by Gasteiger charge is 2.36. The lowest BCUT2D eigenvalue weighted by atomic mass is 10.2. The maximum Gasteiger partial charge on any atom is 0.414 e. The van der Waals surface area contributed by atoms with Gasteiger partial charge in [-0.2, -0.15) is 18.4 Å². The fourth-order valence-electron chi connectivity index (χ4n) is 1.33. The van der Waals surface area contributed by atoms with Crippen molar-refractivity contribution in [1.29, 1.82) is 5.26 Å². The Morgan fingerprint density at radius 1 is 1.45 bits per heavy atom. The number of hydrogen-bond acceptors (Lipinski definition) is 3. The lowest BCUT2D eigenvalue weighted by Gasteiger charge is -2.16. The zero-order valence-corrected chi connectivity index (χ0v) is 10.7. The standard InChI is InChI=1S/C13H13F3N2O2/c1-9(13(14,15)16)20-7-6-12(19)18-11-5-3-2-4-10(11)8-17/h2-5,9H,6-7H2,1H3,(H,18,19). The van der Waals surface area contributed by atoms with E-state index in [0.717, 1.165) is 6.92 Å². The van der Waals surface area contributed by atoms with E-state index in [1.165, 1.54) is 12.1 Å². The summed E-state index contributed by atoms with van der Waals surface area (Å²) >= 11 is 0. The average Bonchev–Trinajstić information content (AvgIpc) is 2.38. The number of halogens is 3.